The lowest BCUT2D eigenvalue weighted by Crippen LogP contribution is -2.37. The molecule has 174 valence electrons. The third kappa shape index (κ3) is 5.60. The van der Waals surface area contributed by atoms with Crippen molar-refractivity contribution < 1.29 is 17.9 Å². The lowest BCUT2D eigenvalue weighted by molar-refractivity contribution is -0.274. The van der Waals surface area contributed by atoms with Crippen LogP contribution in [0.2, 0.25) is 0 Å². The van der Waals surface area contributed by atoms with E-state index in [1.54, 1.807) is 6.20 Å². The minimum Gasteiger partial charge on any atom is -0.406 e. The van der Waals surface area contributed by atoms with Gasteiger partial charge in [0.1, 0.15) is 11.6 Å². The second-order valence-electron chi connectivity index (χ2n) is 9.17. The van der Waals surface area contributed by atoms with Crippen molar-refractivity contribution in [3.8, 4) is 17.0 Å². The number of hydrogen-bond acceptors (Lipinski definition) is 5. The molecule has 1 N–H and O–H groups in total. The fourth-order valence-electron chi connectivity index (χ4n) is 3.75. The fourth-order valence-corrected chi connectivity index (χ4v) is 3.75. The molecule has 0 spiro atoms. The number of fused-ring (bicyclic) bond motifs is 1. The number of aromatic nitrogens is 3. The van der Waals surface area contributed by atoms with Crippen LogP contribution in [-0.2, 0) is 24.9 Å². The summed E-state index contributed by atoms with van der Waals surface area (Å²) in [6, 6.07) is 9.37. The van der Waals surface area contributed by atoms with Crippen molar-refractivity contribution in [3.63, 3.8) is 0 Å². The van der Waals surface area contributed by atoms with Gasteiger partial charge in [-0.3, -0.25) is 14.7 Å². The average Bonchev–Trinajstić information content (AvgIpc) is 2.73. The summed E-state index contributed by atoms with van der Waals surface area (Å²) < 4.78 is 40.8. The normalized spacial score (nSPS) is 14.7. The van der Waals surface area contributed by atoms with Gasteiger partial charge >= 0.3 is 6.36 Å². The quantitative estimate of drug-likeness (QED) is 0.620. The summed E-state index contributed by atoms with van der Waals surface area (Å²) >= 11 is 0. The number of nitrogens with one attached hydrogen (secondary N) is 1. The summed E-state index contributed by atoms with van der Waals surface area (Å²) in [5, 5.41) is 0. The van der Waals surface area contributed by atoms with E-state index < -0.39 is 6.36 Å². The van der Waals surface area contributed by atoms with Crippen LogP contribution in [-0.4, -0.2) is 32.8 Å². The van der Waals surface area contributed by atoms with Crippen molar-refractivity contribution in [3.05, 3.63) is 75.6 Å². The number of hydrogen-bond donors (Lipinski definition) is 1. The number of benzene rings is 1. The maximum Gasteiger partial charge on any atom is 0.573 e. The van der Waals surface area contributed by atoms with Crippen LogP contribution in [0.1, 0.15) is 43.4 Å². The smallest absolute Gasteiger partial charge is 0.406 e. The Bertz CT molecular complexity index is 1180. The predicted molar refractivity (Wildman–Crippen MR) is 118 cm³/mol. The van der Waals surface area contributed by atoms with Crippen molar-refractivity contribution >= 4 is 0 Å². The SMILES string of the molecule is CC(C)(C)c1nc2c(c(=O)[nH]1)CN(Cc1ccc(-c3ccc(OC(F)(F)F)cc3)nc1)CC2. The molecule has 9 heteroatoms. The number of rotatable bonds is 4. The van der Waals surface area contributed by atoms with Gasteiger partial charge in [0.2, 0.25) is 0 Å². The Morgan fingerprint density at radius 3 is 2.42 bits per heavy atom. The van der Waals surface area contributed by atoms with E-state index in [0.717, 1.165) is 17.8 Å². The van der Waals surface area contributed by atoms with Gasteiger partial charge < -0.3 is 9.72 Å². The molecule has 0 fully saturated rings. The Morgan fingerprint density at radius 2 is 1.82 bits per heavy atom. The number of ether oxygens (including phenoxy) is 1. The van der Waals surface area contributed by atoms with Crippen LogP contribution >= 0.6 is 0 Å². The summed E-state index contributed by atoms with van der Waals surface area (Å²) in [6.45, 7) is 8.00. The second-order valence-corrected chi connectivity index (χ2v) is 9.17. The topological polar surface area (TPSA) is 71.1 Å². The van der Waals surface area contributed by atoms with Crippen LogP contribution in [0, 0.1) is 0 Å². The van der Waals surface area contributed by atoms with E-state index in [1.165, 1.54) is 24.3 Å². The number of nitrogens with zero attached hydrogens (tertiary/aromatic N) is 3. The molecule has 0 amide bonds. The molecule has 1 aliphatic rings. The lowest BCUT2D eigenvalue weighted by atomic mass is 9.95. The van der Waals surface area contributed by atoms with Gasteiger partial charge in [0.05, 0.1) is 17.0 Å². The number of aromatic amines is 1. The van der Waals surface area contributed by atoms with Crippen molar-refractivity contribution in [1.82, 2.24) is 19.9 Å². The molecule has 0 radical (unpaired) electrons. The molecule has 3 aromatic rings. The third-order valence-corrected chi connectivity index (χ3v) is 5.47. The van der Waals surface area contributed by atoms with Crippen LogP contribution in [0.4, 0.5) is 13.2 Å². The van der Waals surface area contributed by atoms with Gasteiger partial charge in [-0.15, -0.1) is 13.2 Å². The highest BCUT2D eigenvalue weighted by Crippen LogP contribution is 2.26. The Kier molecular flexibility index (Phi) is 6.00. The summed E-state index contributed by atoms with van der Waals surface area (Å²) in [6.07, 6.45) is -2.26. The number of halogens is 3. The number of alkyl halides is 3. The Hall–Kier alpha value is -3.20. The van der Waals surface area contributed by atoms with Crippen LogP contribution < -0.4 is 10.3 Å². The van der Waals surface area contributed by atoms with Gasteiger partial charge in [-0.2, -0.15) is 0 Å². The Morgan fingerprint density at radius 1 is 1.09 bits per heavy atom. The molecule has 1 aliphatic heterocycles. The van der Waals surface area contributed by atoms with Crippen LogP contribution in [0.15, 0.2) is 47.4 Å². The Labute approximate surface area is 189 Å². The van der Waals surface area contributed by atoms with Crippen molar-refractivity contribution in [2.24, 2.45) is 0 Å². The van der Waals surface area contributed by atoms with Gasteiger partial charge in [-0.05, 0) is 35.9 Å². The molecule has 0 saturated heterocycles. The highest BCUT2D eigenvalue weighted by molar-refractivity contribution is 5.60. The first-order chi connectivity index (χ1) is 15.5. The molecule has 0 bridgehead atoms. The highest BCUT2D eigenvalue weighted by Gasteiger charge is 2.31. The van der Waals surface area contributed by atoms with Crippen LogP contribution in [0.25, 0.3) is 11.3 Å². The van der Waals surface area contributed by atoms with Gasteiger partial charge in [0, 0.05) is 43.2 Å². The number of H-pyrrole nitrogens is 1. The standard InChI is InChI=1S/C24H25F3N4O2/c1-23(2,3)22-29-20-10-11-31(14-18(20)21(32)30-22)13-15-4-9-19(28-12-15)16-5-7-17(8-6-16)33-24(25,26)27/h4-9,12H,10-11,13-14H2,1-3H3,(H,29,30,32). The largest absolute Gasteiger partial charge is 0.573 e. The summed E-state index contributed by atoms with van der Waals surface area (Å²) in [4.78, 5) is 26.9. The predicted octanol–water partition coefficient (Wildman–Crippen LogP) is 4.59. The van der Waals surface area contributed by atoms with Gasteiger partial charge in [0.15, 0.2) is 0 Å². The molecule has 2 aromatic heterocycles. The minimum absolute atomic E-state index is 0.0824. The van der Waals surface area contributed by atoms with Gasteiger partial charge in [0.25, 0.3) is 5.56 Å². The van der Waals surface area contributed by atoms with Crippen molar-refractivity contribution in [1.29, 1.82) is 0 Å². The molecular weight excluding hydrogens is 433 g/mol. The van der Waals surface area contributed by atoms with Crippen molar-refractivity contribution in [2.75, 3.05) is 6.54 Å². The van der Waals surface area contributed by atoms with Crippen LogP contribution in [0.3, 0.4) is 0 Å². The molecule has 0 unspecified atom stereocenters. The van der Waals surface area contributed by atoms with E-state index in [9.17, 15) is 18.0 Å². The van der Waals surface area contributed by atoms with E-state index in [2.05, 4.69) is 19.6 Å². The molecule has 4 rings (SSSR count). The third-order valence-electron chi connectivity index (χ3n) is 5.47. The van der Waals surface area contributed by atoms with E-state index >= 15 is 0 Å². The van der Waals surface area contributed by atoms with E-state index in [-0.39, 0.29) is 16.7 Å². The maximum absolute atomic E-state index is 12.6. The first-order valence-corrected chi connectivity index (χ1v) is 10.6. The average molecular weight is 458 g/mol. The molecular formula is C24H25F3N4O2. The molecule has 6 nitrogen and oxygen atoms in total. The first kappa shape index (κ1) is 23.0. The zero-order valence-electron chi connectivity index (χ0n) is 18.7. The molecule has 1 aromatic carbocycles. The first-order valence-electron chi connectivity index (χ1n) is 10.6. The lowest BCUT2D eigenvalue weighted by Gasteiger charge is -2.28. The summed E-state index contributed by atoms with van der Waals surface area (Å²) in [5.74, 6) is 0.435. The van der Waals surface area contributed by atoms with E-state index in [0.29, 0.717) is 42.2 Å². The molecule has 33 heavy (non-hydrogen) atoms. The highest BCUT2D eigenvalue weighted by atomic mass is 19.4. The molecule has 0 saturated carbocycles. The van der Waals surface area contributed by atoms with Crippen LogP contribution in [0.5, 0.6) is 5.75 Å². The maximum atomic E-state index is 12.6. The summed E-state index contributed by atoms with van der Waals surface area (Å²) in [7, 11) is 0. The van der Waals surface area contributed by atoms with E-state index in [1.807, 2.05) is 32.9 Å². The molecule has 0 atom stereocenters. The number of pyridine rings is 1. The zero-order valence-corrected chi connectivity index (χ0v) is 18.7. The minimum atomic E-state index is -4.72. The fraction of sp³-hybridized carbons (Fsp3) is 0.375. The molecule has 0 aliphatic carbocycles. The summed E-state index contributed by atoms with van der Waals surface area (Å²) in [5.41, 5.74) is 3.60. The zero-order chi connectivity index (χ0) is 23.8. The van der Waals surface area contributed by atoms with Gasteiger partial charge in [-0.25, -0.2) is 4.98 Å². The monoisotopic (exact) mass is 458 g/mol. The van der Waals surface area contributed by atoms with E-state index in [4.69, 9.17) is 4.98 Å². The second kappa shape index (κ2) is 8.62. The van der Waals surface area contributed by atoms with Crippen molar-refractivity contribution in [2.45, 2.75) is 52.1 Å². The molecule has 3 heterocycles. The van der Waals surface area contributed by atoms with Gasteiger partial charge in [-0.1, -0.05) is 26.8 Å². The Balaban J connectivity index is 1.43.